The Kier molecular flexibility index (Phi) is 16.4. The summed E-state index contributed by atoms with van der Waals surface area (Å²) in [5.41, 5.74) is 1.16. The van der Waals surface area contributed by atoms with E-state index in [2.05, 4.69) is 19.1 Å². The normalized spacial score (nSPS) is 12.9. The van der Waals surface area contributed by atoms with Gasteiger partial charge in [0.2, 0.25) is 0 Å². The fraction of sp³-hybridized carbons (Fsp3) is 0.704. The molecular weight excluding hydrogens is 404 g/mol. The molecule has 32 heavy (non-hydrogen) atoms. The third-order valence-corrected chi connectivity index (χ3v) is 5.77. The maximum atomic E-state index is 11.6. The van der Waals surface area contributed by atoms with Gasteiger partial charge in [0.15, 0.2) is 0 Å². The summed E-state index contributed by atoms with van der Waals surface area (Å²) < 4.78 is 11.9. The number of hydrogen-bond acceptors (Lipinski definition) is 4. The number of benzene rings is 1. The summed E-state index contributed by atoms with van der Waals surface area (Å²) in [5.74, 6) is -0.927. The quantitative estimate of drug-likeness (QED) is 0.171. The zero-order valence-electron chi connectivity index (χ0n) is 20.2. The SMILES string of the molecule is CCCCCCCC(CCC(CCCCCCC(=O)O)OCc1ccccc1)OC(C)=O. The monoisotopic (exact) mass is 448 g/mol. The molecule has 0 aliphatic carbocycles. The molecular formula is C27H44O5. The lowest BCUT2D eigenvalue weighted by atomic mass is 9.99. The standard InChI is InChI=1S/C27H44O5/c1-3-4-5-6-13-18-26(32-23(2)28)21-20-25(17-12-7-8-14-19-27(29)30)31-22-24-15-10-9-11-16-24/h9-11,15-16,25-26H,3-8,12-14,17-22H2,1-2H3,(H,29,30). The lowest BCUT2D eigenvalue weighted by Crippen LogP contribution is -2.21. The smallest absolute Gasteiger partial charge is 0.303 e. The second kappa shape index (κ2) is 18.7. The van der Waals surface area contributed by atoms with Crippen LogP contribution in [0.4, 0.5) is 0 Å². The van der Waals surface area contributed by atoms with E-state index in [4.69, 9.17) is 14.6 Å². The van der Waals surface area contributed by atoms with Crippen LogP contribution in [0.3, 0.4) is 0 Å². The number of aliphatic carboxylic acids is 1. The van der Waals surface area contributed by atoms with E-state index in [1.807, 2.05) is 18.2 Å². The summed E-state index contributed by atoms with van der Waals surface area (Å²) >= 11 is 0. The predicted molar refractivity (Wildman–Crippen MR) is 129 cm³/mol. The van der Waals surface area contributed by atoms with E-state index in [0.717, 1.165) is 63.4 Å². The first-order valence-electron chi connectivity index (χ1n) is 12.6. The van der Waals surface area contributed by atoms with Crippen molar-refractivity contribution in [3.8, 4) is 0 Å². The first-order chi connectivity index (χ1) is 15.5. The molecule has 0 saturated heterocycles. The summed E-state index contributed by atoms with van der Waals surface area (Å²) in [7, 11) is 0. The van der Waals surface area contributed by atoms with Gasteiger partial charge in [-0.05, 0) is 44.1 Å². The number of unbranched alkanes of at least 4 members (excludes halogenated alkanes) is 7. The average molecular weight is 449 g/mol. The molecule has 182 valence electrons. The summed E-state index contributed by atoms with van der Waals surface area (Å²) in [6.07, 6.45) is 13.6. The lowest BCUT2D eigenvalue weighted by Gasteiger charge is -2.22. The Bertz CT molecular complexity index is 601. The highest BCUT2D eigenvalue weighted by Gasteiger charge is 2.17. The van der Waals surface area contributed by atoms with Crippen molar-refractivity contribution >= 4 is 11.9 Å². The highest BCUT2D eigenvalue weighted by Crippen LogP contribution is 2.20. The number of hydrogen-bond donors (Lipinski definition) is 1. The molecule has 2 unspecified atom stereocenters. The number of carbonyl (C=O) groups is 2. The first-order valence-corrected chi connectivity index (χ1v) is 12.6. The average Bonchev–Trinajstić information content (AvgIpc) is 2.77. The number of carbonyl (C=O) groups excluding carboxylic acids is 1. The number of rotatable bonds is 20. The van der Waals surface area contributed by atoms with Gasteiger partial charge in [-0.1, -0.05) is 82.2 Å². The third kappa shape index (κ3) is 15.9. The molecule has 1 N–H and O–H groups in total. The molecule has 0 bridgehead atoms. The largest absolute Gasteiger partial charge is 0.481 e. The molecule has 0 amide bonds. The van der Waals surface area contributed by atoms with Crippen LogP contribution >= 0.6 is 0 Å². The van der Waals surface area contributed by atoms with Crippen molar-refractivity contribution in [2.75, 3.05) is 0 Å². The topological polar surface area (TPSA) is 72.8 Å². The van der Waals surface area contributed by atoms with E-state index in [1.165, 1.54) is 32.6 Å². The van der Waals surface area contributed by atoms with Gasteiger partial charge in [-0.15, -0.1) is 0 Å². The maximum absolute atomic E-state index is 11.6. The molecule has 0 fully saturated rings. The molecule has 0 radical (unpaired) electrons. The highest BCUT2D eigenvalue weighted by molar-refractivity contribution is 5.66. The molecule has 0 saturated carbocycles. The molecule has 0 aliphatic rings. The minimum atomic E-state index is -0.722. The fourth-order valence-corrected chi connectivity index (χ4v) is 3.95. The number of esters is 1. The number of ether oxygens (including phenoxy) is 2. The van der Waals surface area contributed by atoms with Crippen molar-refractivity contribution in [1.29, 1.82) is 0 Å². The third-order valence-electron chi connectivity index (χ3n) is 5.77. The van der Waals surface area contributed by atoms with Crippen molar-refractivity contribution in [1.82, 2.24) is 0 Å². The molecule has 0 heterocycles. The maximum Gasteiger partial charge on any atom is 0.303 e. The van der Waals surface area contributed by atoms with Gasteiger partial charge in [0.25, 0.3) is 0 Å². The second-order valence-corrected chi connectivity index (χ2v) is 8.78. The predicted octanol–water partition coefficient (Wildman–Crippen LogP) is 7.07. The van der Waals surface area contributed by atoms with Crippen LogP contribution in [-0.2, 0) is 25.7 Å². The molecule has 0 aromatic heterocycles. The van der Waals surface area contributed by atoms with Gasteiger partial charge < -0.3 is 14.6 Å². The van der Waals surface area contributed by atoms with Crippen LogP contribution in [0.2, 0.25) is 0 Å². The highest BCUT2D eigenvalue weighted by atomic mass is 16.5. The molecule has 1 aromatic rings. The Morgan fingerprint density at radius 2 is 1.41 bits per heavy atom. The van der Waals surface area contributed by atoms with Gasteiger partial charge in [0.1, 0.15) is 6.10 Å². The van der Waals surface area contributed by atoms with E-state index in [9.17, 15) is 9.59 Å². The van der Waals surface area contributed by atoms with Crippen molar-refractivity contribution < 1.29 is 24.2 Å². The molecule has 5 heteroatoms. The second-order valence-electron chi connectivity index (χ2n) is 8.78. The molecule has 1 rings (SSSR count). The van der Waals surface area contributed by atoms with E-state index >= 15 is 0 Å². The fourth-order valence-electron chi connectivity index (χ4n) is 3.95. The zero-order valence-corrected chi connectivity index (χ0v) is 20.2. The Morgan fingerprint density at radius 3 is 2.03 bits per heavy atom. The Balaban J connectivity index is 2.49. The van der Waals surface area contributed by atoms with Gasteiger partial charge in [-0.25, -0.2) is 0 Å². The van der Waals surface area contributed by atoms with Crippen molar-refractivity contribution in [3.05, 3.63) is 35.9 Å². The van der Waals surface area contributed by atoms with Crippen LogP contribution < -0.4 is 0 Å². The molecule has 2 atom stereocenters. The molecule has 0 aliphatic heterocycles. The summed E-state index contributed by atoms with van der Waals surface area (Å²) in [5, 5.41) is 8.77. The van der Waals surface area contributed by atoms with Gasteiger partial charge in [-0.3, -0.25) is 9.59 Å². The minimum Gasteiger partial charge on any atom is -0.481 e. The van der Waals surface area contributed by atoms with Crippen LogP contribution in [0.15, 0.2) is 30.3 Å². The van der Waals surface area contributed by atoms with E-state index in [1.54, 1.807) is 0 Å². The summed E-state index contributed by atoms with van der Waals surface area (Å²) in [6.45, 7) is 4.29. The van der Waals surface area contributed by atoms with Gasteiger partial charge in [-0.2, -0.15) is 0 Å². The van der Waals surface area contributed by atoms with Crippen LogP contribution in [0.25, 0.3) is 0 Å². The van der Waals surface area contributed by atoms with Crippen LogP contribution in [0, 0.1) is 0 Å². The van der Waals surface area contributed by atoms with Crippen LogP contribution in [0.1, 0.15) is 109 Å². The lowest BCUT2D eigenvalue weighted by molar-refractivity contribution is -0.147. The Morgan fingerprint density at radius 1 is 0.812 bits per heavy atom. The van der Waals surface area contributed by atoms with Gasteiger partial charge in [0, 0.05) is 13.3 Å². The van der Waals surface area contributed by atoms with E-state index < -0.39 is 5.97 Å². The van der Waals surface area contributed by atoms with Gasteiger partial charge >= 0.3 is 11.9 Å². The number of carboxylic acid groups (broad SMARTS) is 1. The zero-order chi connectivity index (χ0) is 23.4. The van der Waals surface area contributed by atoms with E-state index in [-0.39, 0.29) is 24.6 Å². The number of carboxylic acids is 1. The van der Waals surface area contributed by atoms with Crippen molar-refractivity contribution in [3.63, 3.8) is 0 Å². The van der Waals surface area contributed by atoms with Crippen LogP contribution in [-0.4, -0.2) is 29.3 Å². The summed E-state index contributed by atoms with van der Waals surface area (Å²) in [4.78, 5) is 22.2. The van der Waals surface area contributed by atoms with Crippen LogP contribution in [0.5, 0.6) is 0 Å². The minimum absolute atomic E-state index is 0.0347. The molecule has 1 aromatic carbocycles. The van der Waals surface area contributed by atoms with Crippen molar-refractivity contribution in [2.45, 2.75) is 123 Å². The molecule has 5 nitrogen and oxygen atoms in total. The molecule has 0 spiro atoms. The summed E-state index contributed by atoms with van der Waals surface area (Å²) in [6, 6.07) is 10.2. The van der Waals surface area contributed by atoms with Crippen molar-refractivity contribution in [2.24, 2.45) is 0 Å². The first kappa shape index (κ1) is 28.2. The van der Waals surface area contributed by atoms with Gasteiger partial charge in [0.05, 0.1) is 12.7 Å². The van der Waals surface area contributed by atoms with E-state index in [0.29, 0.717) is 6.61 Å². The Labute approximate surface area is 194 Å². The Hall–Kier alpha value is -1.88.